The summed E-state index contributed by atoms with van der Waals surface area (Å²) in [5, 5.41) is 0. The highest BCUT2D eigenvalue weighted by Crippen LogP contribution is 2.47. The highest BCUT2D eigenvalue weighted by molar-refractivity contribution is 4.99. The van der Waals surface area contributed by atoms with Crippen molar-refractivity contribution in [1.29, 1.82) is 0 Å². The highest BCUT2D eigenvalue weighted by Gasteiger charge is 2.45. The molecule has 0 bridgehead atoms. The van der Waals surface area contributed by atoms with Crippen molar-refractivity contribution in [3.8, 4) is 0 Å². The minimum atomic E-state index is 0.252. The van der Waals surface area contributed by atoms with Gasteiger partial charge in [-0.05, 0) is 26.7 Å². The Labute approximate surface area is 98.6 Å². The van der Waals surface area contributed by atoms with Gasteiger partial charge >= 0.3 is 0 Å². The maximum absolute atomic E-state index is 7.05. The maximum atomic E-state index is 7.05. The van der Waals surface area contributed by atoms with E-state index in [4.69, 9.17) is 11.3 Å². The van der Waals surface area contributed by atoms with Crippen LogP contribution in [0.2, 0.25) is 0 Å². The van der Waals surface area contributed by atoms with E-state index in [1.165, 1.54) is 12.8 Å². The largest absolute Gasteiger partial charge is 0.378 e. The smallest absolute Gasteiger partial charge is 0.237 e. The summed E-state index contributed by atoms with van der Waals surface area (Å²) < 4.78 is 5.75. The van der Waals surface area contributed by atoms with E-state index in [-0.39, 0.29) is 6.04 Å². The minimum absolute atomic E-state index is 0.252. The molecule has 0 N–H and O–H groups in total. The van der Waals surface area contributed by atoms with Gasteiger partial charge in [-0.1, -0.05) is 0 Å². The number of hydrogen-bond acceptors (Lipinski definition) is 2. The quantitative estimate of drug-likeness (QED) is 0.663. The molecular formula is C13H22N2O. The normalized spacial score (nSPS) is 28.2. The van der Waals surface area contributed by atoms with E-state index >= 15 is 0 Å². The lowest BCUT2D eigenvalue weighted by molar-refractivity contribution is 0.0335. The molecule has 0 spiro atoms. The Kier molecular flexibility index (Phi) is 3.51. The predicted octanol–water partition coefficient (Wildman–Crippen LogP) is 2.19. The van der Waals surface area contributed by atoms with E-state index in [1.54, 1.807) is 0 Å². The van der Waals surface area contributed by atoms with Gasteiger partial charge in [-0.2, -0.15) is 0 Å². The van der Waals surface area contributed by atoms with Crippen LogP contribution in [0.4, 0.5) is 0 Å². The molecule has 3 nitrogen and oxygen atoms in total. The molecule has 1 atom stereocenters. The van der Waals surface area contributed by atoms with Gasteiger partial charge in [0.25, 0.3) is 0 Å². The van der Waals surface area contributed by atoms with E-state index in [0.717, 1.165) is 32.7 Å². The third-order valence-electron chi connectivity index (χ3n) is 3.67. The van der Waals surface area contributed by atoms with E-state index < -0.39 is 0 Å². The van der Waals surface area contributed by atoms with Gasteiger partial charge in [0.2, 0.25) is 6.04 Å². The first kappa shape index (κ1) is 11.9. The third-order valence-corrected chi connectivity index (χ3v) is 3.67. The lowest BCUT2D eigenvalue weighted by atomic mass is 10.1. The van der Waals surface area contributed by atoms with Crippen LogP contribution < -0.4 is 0 Å². The molecule has 1 aliphatic heterocycles. The Morgan fingerprint density at radius 3 is 2.75 bits per heavy atom. The summed E-state index contributed by atoms with van der Waals surface area (Å²) in [6.45, 7) is 15.4. The molecule has 1 saturated heterocycles. The summed E-state index contributed by atoms with van der Waals surface area (Å²) in [6.07, 6.45) is 4.01. The summed E-state index contributed by atoms with van der Waals surface area (Å²) in [4.78, 5) is 6.10. The summed E-state index contributed by atoms with van der Waals surface area (Å²) >= 11 is 0. The molecule has 1 heterocycles. The second-order valence-corrected chi connectivity index (χ2v) is 5.67. The van der Waals surface area contributed by atoms with Crippen LogP contribution in [0, 0.1) is 12.0 Å². The molecule has 2 fully saturated rings. The van der Waals surface area contributed by atoms with Crippen LogP contribution in [0.3, 0.4) is 0 Å². The molecular weight excluding hydrogens is 200 g/mol. The average Bonchev–Trinajstić information content (AvgIpc) is 2.86. The lowest BCUT2D eigenvalue weighted by Crippen LogP contribution is -2.32. The Balaban J connectivity index is 1.75. The Bertz CT molecular complexity index is 278. The SMILES string of the molecule is [C-]#[N+][C@@H]1CCN(CC2(COC(C)C)CC2)C1. The summed E-state index contributed by atoms with van der Waals surface area (Å²) in [7, 11) is 0. The second-order valence-electron chi connectivity index (χ2n) is 5.67. The predicted molar refractivity (Wildman–Crippen MR) is 64.2 cm³/mol. The Morgan fingerprint density at radius 1 is 1.50 bits per heavy atom. The molecule has 0 aromatic heterocycles. The molecule has 2 rings (SSSR count). The van der Waals surface area contributed by atoms with Gasteiger partial charge < -0.3 is 9.58 Å². The van der Waals surface area contributed by atoms with Gasteiger partial charge in [0.05, 0.1) is 19.3 Å². The van der Waals surface area contributed by atoms with Crippen molar-refractivity contribution in [2.75, 3.05) is 26.2 Å². The van der Waals surface area contributed by atoms with Crippen molar-refractivity contribution in [3.05, 3.63) is 11.4 Å². The lowest BCUT2D eigenvalue weighted by Gasteiger charge is -2.23. The molecule has 2 aliphatic rings. The zero-order chi connectivity index (χ0) is 11.6. The highest BCUT2D eigenvalue weighted by atomic mass is 16.5. The first-order valence-electron chi connectivity index (χ1n) is 6.34. The van der Waals surface area contributed by atoms with Gasteiger partial charge in [0.15, 0.2) is 0 Å². The average molecular weight is 222 g/mol. The topological polar surface area (TPSA) is 16.8 Å². The molecule has 0 radical (unpaired) electrons. The molecule has 0 amide bonds. The summed E-state index contributed by atoms with van der Waals surface area (Å²) in [5.74, 6) is 0. The number of ether oxygens (including phenoxy) is 1. The van der Waals surface area contributed by atoms with Crippen LogP contribution >= 0.6 is 0 Å². The monoisotopic (exact) mass is 222 g/mol. The Morgan fingerprint density at radius 2 is 2.25 bits per heavy atom. The third kappa shape index (κ3) is 2.96. The van der Waals surface area contributed by atoms with Crippen molar-refractivity contribution in [2.45, 2.75) is 45.3 Å². The number of rotatable bonds is 5. The van der Waals surface area contributed by atoms with Crippen molar-refractivity contribution in [1.82, 2.24) is 4.90 Å². The fourth-order valence-corrected chi connectivity index (χ4v) is 2.40. The number of hydrogen-bond donors (Lipinski definition) is 0. The van der Waals surface area contributed by atoms with Crippen molar-refractivity contribution in [3.63, 3.8) is 0 Å². The second kappa shape index (κ2) is 4.73. The van der Waals surface area contributed by atoms with Crippen LogP contribution in [-0.4, -0.2) is 43.3 Å². The van der Waals surface area contributed by atoms with Crippen molar-refractivity contribution < 1.29 is 4.74 Å². The Hall–Kier alpha value is -0.590. The first-order chi connectivity index (χ1) is 7.63. The molecule has 0 aromatic rings. The molecule has 90 valence electrons. The van der Waals surface area contributed by atoms with Crippen LogP contribution in [0.1, 0.15) is 33.1 Å². The fraction of sp³-hybridized carbons (Fsp3) is 0.923. The van der Waals surface area contributed by atoms with Crippen LogP contribution in [0.5, 0.6) is 0 Å². The molecule has 0 aromatic carbocycles. The summed E-state index contributed by atoms with van der Waals surface area (Å²) in [5.41, 5.74) is 0.432. The number of nitrogens with zero attached hydrogens (tertiary/aromatic N) is 2. The molecule has 3 heteroatoms. The van der Waals surface area contributed by atoms with E-state index in [9.17, 15) is 0 Å². The molecule has 0 unspecified atom stereocenters. The molecule has 16 heavy (non-hydrogen) atoms. The van der Waals surface area contributed by atoms with E-state index in [2.05, 4.69) is 23.6 Å². The van der Waals surface area contributed by atoms with E-state index in [0.29, 0.717) is 11.5 Å². The molecule has 1 aliphatic carbocycles. The van der Waals surface area contributed by atoms with Gasteiger partial charge in [-0.15, -0.1) is 0 Å². The zero-order valence-electron chi connectivity index (χ0n) is 10.4. The van der Waals surface area contributed by atoms with E-state index in [1.807, 2.05) is 0 Å². The fourth-order valence-electron chi connectivity index (χ4n) is 2.40. The van der Waals surface area contributed by atoms with Gasteiger partial charge in [0.1, 0.15) is 0 Å². The van der Waals surface area contributed by atoms with Crippen molar-refractivity contribution in [2.24, 2.45) is 5.41 Å². The van der Waals surface area contributed by atoms with Gasteiger partial charge in [0, 0.05) is 24.9 Å². The molecule has 1 saturated carbocycles. The van der Waals surface area contributed by atoms with Crippen LogP contribution in [0.25, 0.3) is 4.85 Å². The standard InChI is InChI=1S/C13H22N2O/c1-11(2)16-10-13(5-6-13)9-15-7-4-12(8-15)14-3/h11-12H,4-10H2,1-2H3/t12-/m1/s1. The van der Waals surface area contributed by atoms with Gasteiger partial charge in [-0.25, -0.2) is 6.57 Å². The van der Waals surface area contributed by atoms with Crippen molar-refractivity contribution >= 4 is 0 Å². The number of likely N-dealkylation sites (tertiary alicyclic amines) is 1. The van der Waals surface area contributed by atoms with Gasteiger partial charge in [-0.3, -0.25) is 4.90 Å². The maximum Gasteiger partial charge on any atom is 0.237 e. The van der Waals surface area contributed by atoms with Crippen LogP contribution in [-0.2, 0) is 4.74 Å². The van der Waals surface area contributed by atoms with Crippen LogP contribution in [0.15, 0.2) is 0 Å². The zero-order valence-corrected chi connectivity index (χ0v) is 10.4. The first-order valence-corrected chi connectivity index (χ1v) is 6.34. The summed E-state index contributed by atoms with van der Waals surface area (Å²) in [6, 6.07) is 0.252. The minimum Gasteiger partial charge on any atom is -0.378 e.